The average Bonchev–Trinajstić information content (AvgIpc) is 2.56. The van der Waals surface area contributed by atoms with Crippen molar-refractivity contribution in [3.63, 3.8) is 0 Å². The fourth-order valence-corrected chi connectivity index (χ4v) is 2.30. The summed E-state index contributed by atoms with van der Waals surface area (Å²) in [5, 5.41) is 21.0. The predicted molar refractivity (Wildman–Crippen MR) is 87.3 cm³/mol. The molecule has 0 heterocycles. The molecule has 1 atom stereocenters. The highest BCUT2D eigenvalue weighted by molar-refractivity contribution is 6.04. The standard InChI is InChI=1S/C18H17NO5/c1-11-6-8-12(9-7-11)15(18(23)24)10-19-16(20)13-4-2-3-5-14(13)17(21)22/h2-9,15H,10H2,1H3,(H,19,20)(H,21,22)(H,23,24)/t15-/m0/s1. The van der Waals surface area contributed by atoms with E-state index in [1.165, 1.54) is 18.2 Å². The molecule has 0 aromatic heterocycles. The summed E-state index contributed by atoms with van der Waals surface area (Å²) >= 11 is 0. The second kappa shape index (κ2) is 7.41. The number of aryl methyl sites for hydroxylation is 1. The zero-order valence-electron chi connectivity index (χ0n) is 13.0. The summed E-state index contributed by atoms with van der Waals surface area (Å²) in [6, 6.07) is 12.8. The molecule has 0 fully saturated rings. The maximum atomic E-state index is 12.2. The van der Waals surface area contributed by atoms with Gasteiger partial charge in [0.05, 0.1) is 17.0 Å². The van der Waals surface area contributed by atoms with Crippen molar-refractivity contribution in [2.45, 2.75) is 12.8 Å². The Morgan fingerprint density at radius 2 is 1.54 bits per heavy atom. The molecule has 0 unspecified atom stereocenters. The molecule has 0 saturated carbocycles. The second-order valence-corrected chi connectivity index (χ2v) is 5.36. The van der Waals surface area contributed by atoms with Crippen molar-refractivity contribution in [1.29, 1.82) is 0 Å². The smallest absolute Gasteiger partial charge is 0.336 e. The molecule has 1 amide bonds. The lowest BCUT2D eigenvalue weighted by atomic mass is 9.98. The Balaban J connectivity index is 2.15. The maximum Gasteiger partial charge on any atom is 0.336 e. The van der Waals surface area contributed by atoms with Gasteiger partial charge in [0.25, 0.3) is 5.91 Å². The van der Waals surface area contributed by atoms with Gasteiger partial charge in [0.1, 0.15) is 0 Å². The minimum absolute atomic E-state index is 0.00181. The molecule has 2 aromatic rings. The molecule has 0 saturated heterocycles. The molecule has 124 valence electrons. The van der Waals surface area contributed by atoms with Gasteiger partial charge in [-0.05, 0) is 24.6 Å². The molecule has 0 radical (unpaired) electrons. The Bertz CT molecular complexity index is 767. The van der Waals surface area contributed by atoms with E-state index in [-0.39, 0.29) is 17.7 Å². The molecule has 0 aliphatic carbocycles. The van der Waals surface area contributed by atoms with Crippen LogP contribution >= 0.6 is 0 Å². The number of carbonyl (C=O) groups is 3. The molecule has 24 heavy (non-hydrogen) atoms. The monoisotopic (exact) mass is 327 g/mol. The molecule has 2 rings (SSSR count). The third-order valence-corrected chi connectivity index (χ3v) is 3.65. The molecular formula is C18H17NO5. The van der Waals surface area contributed by atoms with Crippen molar-refractivity contribution in [3.05, 3.63) is 70.8 Å². The van der Waals surface area contributed by atoms with Crippen LogP contribution in [0.3, 0.4) is 0 Å². The first-order valence-corrected chi connectivity index (χ1v) is 7.30. The van der Waals surface area contributed by atoms with Crippen molar-refractivity contribution in [2.75, 3.05) is 6.54 Å². The summed E-state index contributed by atoms with van der Waals surface area (Å²) in [5.74, 6) is -3.81. The molecule has 0 aliphatic heterocycles. The van der Waals surface area contributed by atoms with E-state index in [2.05, 4.69) is 5.32 Å². The van der Waals surface area contributed by atoms with Crippen LogP contribution in [-0.2, 0) is 4.79 Å². The number of benzene rings is 2. The van der Waals surface area contributed by atoms with E-state index in [4.69, 9.17) is 5.11 Å². The fourth-order valence-electron chi connectivity index (χ4n) is 2.30. The predicted octanol–water partition coefficient (Wildman–Crippen LogP) is 2.29. The quantitative estimate of drug-likeness (QED) is 0.755. The van der Waals surface area contributed by atoms with Gasteiger partial charge in [0, 0.05) is 6.54 Å². The number of carboxylic acids is 2. The highest BCUT2D eigenvalue weighted by Crippen LogP contribution is 2.17. The lowest BCUT2D eigenvalue weighted by Crippen LogP contribution is -2.32. The number of amides is 1. The normalized spacial score (nSPS) is 11.5. The molecular weight excluding hydrogens is 310 g/mol. The first-order valence-electron chi connectivity index (χ1n) is 7.30. The fraction of sp³-hybridized carbons (Fsp3) is 0.167. The van der Waals surface area contributed by atoms with Crippen LogP contribution in [0.2, 0.25) is 0 Å². The Morgan fingerprint density at radius 3 is 2.08 bits per heavy atom. The van der Waals surface area contributed by atoms with Crippen molar-refractivity contribution in [2.24, 2.45) is 0 Å². The first-order chi connectivity index (χ1) is 11.4. The molecule has 3 N–H and O–H groups in total. The lowest BCUT2D eigenvalue weighted by Gasteiger charge is -2.15. The summed E-state index contributed by atoms with van der Waals surface area (Å²) < 4.78 is 0. The summed E-state index contributed by atoms with van der Waals surface area (Å²) in [7, 11) is 0. The molecule has 0 aliphatic rings. The van der Waals surface area contributed by atoms with Gasteiger partial charge in [-0.1, -0.05) is 42.0 Å². The van der Waals surface area contributed by atoms with Gasteiger partial charge in [0.15, 0.2) is 0 Å². The maximum absolute atomic E-state index is 12.2. The number of nitrogens with one attached hydrogen (secondary N) is 1. The van der Waals surface area contributed by atoms with E-state index < -0.39 is 23.8 Å². The molecule has 6 nitrogen and oxygen atoms in total. The van der Waals surface area contributed by atoms with E-state index >= 15 is 0 Å². The van der Waals surface area contributed by atoms with Crippen LogP contribution in [0.15, 0.2) is 48.5 Å². The van der Waals surface area contributed by atoms with Gasteiger partial charge in [-0.15, -0.1) is 0 Å². The van der Waals surface area contributed by atoms with E-state index in [9.17, 15) is 19.5 Å². The number of carbonyl (C=O) groups excluding carboxylic acids is 1. The third kappa shape index (κ3) is 3.98. The summed E-state index contributed by atoms with van der Waals surface area (Å²) in [5.41, 5.74) is 1.44. The summed E-state index contributed by atoms with van der Waals surface area (Å²) in [4.78, 5) is 34.8. The van der Waals surface area contributed by atoms with E-state index in [0.29, 0.717) is 5.56 Å². The van der Waals surface area contributed by atoms with Crippen LogP contribution in [0.5, 0.6) is 0 Å². The number of rotatable bonds is 6. The SMILES string of the molecule is Cc1ccc([C@H](CNC(=O)c2ccccc2C(=O)O)C(=O)O)cc1. The van der Waals surface area contributed by atoms with E-state index in [1.54, 1.807) is 30.3 Å². The van der Waals surface area contributed by atoms with Crippen molar-refractivity contribution >= 4 is 17.8 Å². The van der Waals surface area contributed by atoms with Crippen LogP contribution in [0.4, 0.5) is 0 Å². The third-order valence-electron chi connectivity index (χ3n) is 3.65. The van der Waals surface area contributed by atoms with Gasteiger partial charge >= 0.3 is 11.9 Å². The summed E-state index contributed by atoms with van der Waals surface area (Å²) in [6.45, 7) is 1.76. The van der Waals surface area contributed by atoms with E-state index in [0.717, 1.165) is 5.56 Å². The number of aliphatic carboxylic acids is 1. The number of aromatic carboxylic acids is 1. The van der Waals surface area contributed by atoms with Crippen molar-refractivity contribution in [1.82, 2.24) is 5.32 Å². The van der Waals surface area contributed by atoms with Crippen LogP contribution in [0, 0.1) is 6.92 Å². The van der Waals surface area contributed by atoms with Gasteiger partial charge in [-0.2, -0.15) is 0 Å². The minimum Gasteiger partial charge on any atom is -0.481 e. The zero-order valence-corrected chi connectivity index (χ0v) is 13.0. The first kappa shape index (κ1) is 17.2. The Hall–Kier alpha value is -3.15. The van der Waals surface area contributed by atoms with Crippen molar-refractivity contribution < 1.29 is 24.6 Å². The Morgan fingerprint density at radius 1 is 0.958 bits per heavy atom. The lowest BCUT2D eigenvalue weighted by molar-refractivity contribution is -0.138. The highest BCUT2D eigenvalue weighted by atomic mass is 16.4. The topological polar surface area (TPSA) is 104 Å². The average molecular weight is 327 g/mol. The number of carboxylic acid groups (broad SMARTS) is 2. The molecule has 6 heteroatoms. The molecule has 0 spiro atoms. The Labute approximate surface area is 138 Å². The van der Waals surface area contributed by atoms with Crippen LogP contribution < -0.4 is 5.32 Å². The Kier molecular flexibility index (Phi) is 5.31. The second-order valence-electron chi connectivity index (χ2n) is 5.36. The van der Waals surface area contributed by atoms with Gasteiger partial charge in [0.2, 0.25) is 0 Å². The van der Waals surface area contributed by atoms with Crippen LogP contribution in [0.25, 0.3) is 0 Å². The minimum atomic E-state index is -1.21. The molecule has 0 bridgehead atoms. The zero-order chi connectivity index (χ0) is 17.7. The van der Waals surface area contributed by atoms with E-state index in [1.807, 2.05) is 6.92 Å². The van der Waals surface area contributed by atoms with Crippen molar-refractivity contribution in [3.8, 4) is 0 Å². The van der Waals surface area contributed by atoms with Gasteiger partial charge in [-0.25, -0.2) is 4.79 Å². The molecule has 2 aromatic carbocycles. The van der Waals surface area contributed by atoms with Gasteiger partial charge in [-0.3, -0.25) is 9.59 Å². The number of hydrogen-bond donors (Lipinski definition) is 3. The van der Waals surface area contributed by atoms with Gasteiger partial charge < -0.3 is 15.5 Å². The summed E-state index contributed by atoms with van der Waals surface area (Å²) in [6.07, 6.45) is 0. The van der Waals surface area contributed by atoms with Crippen LogP contribution in [0.1, 0.15) is 37.8 Å². The largest absolute Gasteiger partial charge is 0.481 e. The number of hydrogen-bond acceptors (Lipinski definition) is 3. The van der Waals surface area contributed by atoms with Crippen LogP contribution in [-0.4, -0.2) is 34.6 Å². The highest BCUT2D eigenvalue weighted by Gasteiger charge is 2.22.